The molecule has 2 heterocycles. The van der Waals surface area contributed by atoms with Gasteiger partial charge in [0.25, 0.3) is 0 Å². The van der Waals surface area contributed by atoms with Crippen LogP contribution in [0.5, 0.6) is 0 Å². The van der Waals surface area contributed by atoms with E-state index in [1.165, 1.54) is 19.3 Å². The highest BCUT2D eigenvalue weighted by Gasteiger charge is 2.01. The first-order valence-electron chi connectivity index (χ1n) is 6.17. The Morgan fingerprint density at radius 1 is 1.18 bits per heavy atom. The molecule has 2 rings (SSSR count). The van der Waals surface area contributed by atoms with Gasteiger partial charge >= 0.3 is 0 Å². The van der Waals surface area contributed by atoms with Gasteiger partial charge in [0.2, 0.25) is 0 Å². The van der Waals surface area contributed by atoms with Crippen molar-refractivity contribution in [2.75, 3.05) is 0 Å². The molecule has 0 aliphatic heterocycles. The van der Waals surface area contributed by atoms with Crippen LogP contribution in [0.15, 0.2) is 30.6 Å². The summed E-state index contributed by atoms with van der Waals surface area (Å²) < 4.78 is 1.85. The van der Waals surface area contributed by atoms with Gasteiger partial charge in [-0.05, 0) is 25.0 Å². The molecule has 0 spiro atoms. The van der Waals surface area contributed by atoms with E-state index in [0.29, 0.717) is 6.54 Å². The van der Waals surface area contributed by atoms with Gasteiger partial charge in [0.1, 0.15) is 0 Å². The third kappa shape index (κ3) is 3.66. The minimum atomic E-state index is 0.696. The lowest BCUT2D eigenvalue weighted by Gasteiger charge is -1.98. The number of hydrogen-bond donors (Lipinski definition) is 0. The normalized spacial score (nSPS) is 10.6. The van der Waals surface area contributed by atoms with E-state index in [4.69, 9.17) is 0 Å². The average molecular weight is 230 g/mol. The summed E-state index contributed by atoms with van der Waals surface area (Å²) in [6, 6.07) is 5.90. The highest BCUT2D eigenvalue weighted by Crippen LogP contribution is 2.04. The first kappa shape index (κ1) is 11.8. The van der Waals surface area contributed by atoms with Crippen molar-refractivity contribution >= 4 is 0 Å². The quantitative estimate of drug-likeness (QED) is 0.716. The van der Waals surface area contributed by atoms with Gasteiger partial charge in [-0.15, -0.1) is 5.10 Å². The highest BCUT2D eigenvalue weighted by molar-refractivity contribution is 5.04. The maximum absolute atomic E-state index is 4.27. The summed E-state index contributed by atoms with van der Waals surface area (Å²) in [6.07, 6.45) is 8.53. The Morgan fingerprint density at radius 2 is 2.12 bits per heavy atom. The molecular weight excluding hydrogens is 212 g/mol. The molecule has 4 heteroatoms. The van der Waals surface area contributed by atoms with E-state index in [1.54, 1.807) is 6.20 Å². The van der Waals surface area contributed by atoms with Crippen LogP contribution in [-0.2, 0) is 13.0 Å². The van der Waals surface area contributed by atoms with Crippen molar-refractivity contribution in [1.29, 1.82) is 0 Å². The van der Waals surface area contributed by atoms with Crippen molar-refractivity contribution < 1.29 is 0 Å². The van der Waals surface area contributed by atoms with Gasteiger partial charge in [-0.2, -0.15) is 0 Å². The van der Waals surface area contributed by atoms with Gasteiger partial charge in [0.15, 0.2) is 0 Å². The number of aromatic nitrogens is 4. The zero-order valence-electron chi connectivity index (χ0n) is 10.2. The van der Waals surface area contributed by atoms with E-state index >= 15 is 0 Å². The Morgan fingerprint density at radius 3 is 2.88 bits per heavy atom. The van der Waals surface area contributed by atoms with Crippen molar-refractivity contribution in [3.8, 4) is 0 Å². The predicted molar refractivity (Wildman–Crippen MR) is 66.6 cm³/mol. The maximum atomic E-state index is 4.27. The maximum Gasteiger partial charge on any atom is 0.0849 e. The van der Waals surface area contributed by atoms with Crippen molar-refractivity contribution in [3.05, 3.63) is 42.0 Å². The number of rotatable bonds is 6. The fourth-order valence-electron chi connectivity index (χ4n) is 1.74. The Labute approximate surface area is 102 Å². The van der Waals surface area contributed by atoms with Gasteiger partial charge in [0.05, 0.1) is 17.9 Å². The number of aryl methyl sites for hydroxylation is 1. The molecule has 0 aliphatic carbocycles. The van der Waals surface area contributed by atoms with E-state index in [2.05, 4.69) is 22.2 Å². The third-order valence-electron chi connectivity index (χ3n) is 2.67. The molecular formula is C13H18N4. The van der Waals surface area contributed by atoms with Crippen LogP contribution >= 0.6 is 0 Å². The molecule has 0 amide bonds. The third-order valence-corrected chi connectivity index (χ3v) is 2.67. The standard InChI is InChI=1S/C13H18N4/c1-2-3-4-8-13-11-17(16-15-13)10-12-7-5-6-9-14-12/h5-7,9,11H,2-4,8,10H2,1H3. The molecule has 0 radical (unpaired) electrons. The molecule has 2 aromatic heterocycles. The van der Waals surface area contributed by atoms with Gasteiger partial charge in [-0.1, -0.05) is 31.0 Å². The van der Waals surface area contributed by atoms with Crippen LogP contribution in [-0.4, -0.2) is 20.0 Å². The molecule has 0 aromatic carbocycles. The SMILES string of the molecule is CCCCCc1cn(Cc2ccccn2)nn1. The smallest absolute Gasteiger partial charge is 0.0849 e. The molecule has 0 unspecified atom stereocenters. The van der Waals surface area contributed by atoms with Crippen LogP contribution in [0.25, 0.3) is 0 Å². The van der Waals surface area contributed by atoms with E-state index < -0.39 is 0 Å². The number of pyridine rings is 1. The van der Waals surface area contributed by atoms with Crippen LogP contribution in [0, 0.1) is 0 Å². The molecule has 0 saturated carbocycles. The first-order chi connectivity index (χ1) is 8.38. The lowest BCUT2D eigenvalue weighted by molar-refractivity contribution is 0.637. The molecule has 0 fully saturated rings. The second kappa shape index (κ2) is 6.13. The summed E-state index contributed by atoms with van der Waals surface area (Å²) in [5.74, 6) is 0. The summed E-state index contributed by atoms with van der Waals surface area (Å²) in [7, 11) is 0. The molecule has 90 valence electrons. The van der Waals surface area contributed by atoms with Crippen LogP contribution in [0.2, 0.25) is 0 Å². The fraction of sp³-hybridized carbons (Fsp3) is 0.462. The highest BCUT2D eigenvalue weighted by atomic mass is 15.4. The number of hydrogen-bond acceptors (Lipinski definition) is 3. The van der Waals surface area contributed by atoms with Gasteiger partial charge in [0, 0.05) is 12.4 Å². The van der Waals surface area contributed by atoms with Crippen molar-refractivity contribution in [2.24, 2.45) is 0 Å². The molecule has 0 saturated heterocycles. The Balaban J connectivity index is 1.90. The van der Waals surface area contributed by atoms with Crippen molar-refractivity contribution in [3.63, 3.8) is 0 Å². The van der Waals surface area contributed by atoms with Gasteiger partial charge < -0.3 is 0 Å². The van der Waals surface area contributed by atoms with E-state index in [9.17, 15) is 0 Å². The minimum absolute atomic E-state index is 0.696. The summed E-state index contributed by atoms with van der Waals surface area (Å²) in [5.41, 5.74) is 2.09. The lowest BCUT2D eigenvalue weighted by Crippen LogP contribution is -2.01. The zero-order valence-corrected chi connectivity index (χ0v) is 10.2. The minimum Gasteiger partial charge on any atom is -0.259 e. The number of unbranched alkanes of at least 4 members (excludes halogenated alkanes) is 2. The van der Waals surface area contributed by atoms with E-state index in [1.807, 2.05) is 29.1 Å². The Kier molecular flexibility index (Phi) is 4.24. The number of nitrogens with zero attached hydrogens (tertiary/aromatic N) is 4. The van der Waals surface area contributed by atoms with Crippen molar-refractivity contribution in [2.45, 2.75) is 39.2 Å². The fourth-order valence-corrected chi connectivity index (χ4v) is 1.74. The zero-order chi connectivity index (χ0) is 11.9. The van der Waals surface area contributed by atoms with E-state index in [-0.39, 0.29) is 0 Å². The monoisotopic (exact) mass is 230 g/mol. The predicted octanol–water partition coefficient (Wildman–Crippen LogP) is 2.45. The largest absolute Gasteiger partial charge is 0.259 e. The van der Waals surface area contributed by atoms with Crippen LogP contribution in [0.1, 0.15) is 37.6 Å². The van der Waals surface area contributed by atoms with Gasteiger partial charge in [-0.25, -0.2) is 4.68 Å². The van der Waals surface area contributed by atoms with Crippen LogP contribution in [0.4, 0.5) is 0 Å². The topological polar surface area (TPSA) is 43.6 Å². The second-order valence-corrected chi connectivity index (χ2v) is 4.19. The molecule has 0 aliphatic rings. The lowest BCUT2D eigenvalue weighted by atomic mass is 10.2. The second-order valence-electron chi connectivity index (χ2n) is 4.19. The molecule has 4 nitrogen and oxygen atoms in total. The summed E-state index contributed by atoms with van der Waals surface area (Å²) >= 11 is 0. The Bertz CT molecular complexity index is 436. The van der Waals surface area contributed by atoms with Crippen molar-refractivity contribution in [1.82, 2.24) is 20.0 Å². The first-order valence-corrected chi connectivity index (χ1v) is 6.17. The summed E-state index contributed by atoms with van der Waals surface area (Å²) in [6.45, 7) is 2.90. The molecule has 17 heavy (non-hydrogen) atoms. The summed E-state index contributed by atoms with van der Waals surface area (Å²) in [5, 5.41) is 8.29. The van der Waals surface area contributed by atoms with E-state index in [0.717, 1.165) is 17.8 Å². The molecule has 0 N–H and O–H groups in total. The molecule has 0 atom stereocenters. The van der Waals surface area contributed by atoms with Crippen LogP contribution in [0.3, 0.4) is 0 Å². The van der Waals surface area contributed by atoms with Crippen LogP contribution < -0.4 is 0 Å². The molecule has 0 bridgehead atoms. The Hall–Kier alpha value is -1.71. The molecule has 2 aromatic rings. The average Bonchev–Trinajstić information content (AvgIpc) is 2.79. The van der Waals surface area contributed by atoms with Gasteiger partial charge in [-0.3, -0.25) is 4.98 Å². The summed E-state index contributed by atoms with van der Waals surface area (Å²) in [4.78, 5) is 4.27.